The monoisotopic (exact) mass is 457 g/mol. The average Bonchev–Trinajstić information content (AvgIpc) is 2.79. The molecule has 0 atom stereocenters. The zero-order valence-electron chi connectivity index (χ0n) is 16.9. The highest BCUT2D eigenvalue weighted by Gasteiger charge is 2.11. The zero-order valence-corrected chi connectivity index (χ0v) is 17.7. The Morgan fingerprint density at radius 3 is 2.50 bits per heavy atom. The van der Waals surface area contributed by atoms with Crippen LogP contribution in [0.5, 0.6) is 11.5 Å². The number of ketones is 1. The van der Waals surface area contributed by atoms with Crippen LogP contribution < -0.4 is 14.8 Å². The van der Waals surface area contributed by atoms with Crippen LogP contribution in [0, 0.1) is 11.6 Å². The molecule has 0 bridgehead atoms. The number of amides is 1. The number of carbonyl (C=O) groups excluding carboxylic acids is 2. The van der Waals surface area contributed by atoms with E-state index in [-0.39, 0.29) is 12.2 Å². The lowest BCUT2D eigenvalue weighted by molar-refractivity contribution is -0.118. The maximum absolute atomic E-state index is 13.3. The molecule has 0 spiro atoms. The molecule has 0 saturated carbocycles. The first kappa shape index (κ1) is 23.0. The van der Waals surface area contributed by atoms with Gasteiger partial charge in [-0.1, -0.05) is 35.9 Å². The van der Waals surface area contributed by atoms with E-state index in [0.29, 0.717) is 27.8 Å². The fourth-order valence-corrected chi connectivity index (χ4v) is 2.90. The highest BCUT2D eigenvalue weighted by atomic mass is 35.5. The van der Waals surface area contributed by atoms with Crippen LogP contribution in [0.1, 0.15) is 15.9 Å². The summed E-state index contributed by atoms with van der Waals surface area (Å²) >= 11 is 6.02. The van der Waals surface area contributed by atoms with Crippen molar-refractivity contribution < 1.29 is 27.8 Å². The molecule has 0 fully saturated rings. The number of ether oxygens (including phenoxy) is 2. The van der Waals surface area contributed by atoms with Gasteiger partial charge in [0.1, 0.15) is 0 Å². The van der Waals surface area contributed by atoms with Crippen molar-refractivity contribution >= 4 is 35.1 Å². The number of para-hydroxylation sites is 1. The standard InChI is InChI=1S/C24H18ClF2NO4/c1-31-23-12-15(6-10-21(29)16-8-9-18(26)19(27)13-16)7-11-22(23)32-14-24(30)28-20-5-3-2-4-17(20)25/h2-13H,14H2,1H3,(H,28,30)/b10-6+. The van der Waals surface area contributed by atoms with Crippen molar-refractivity contribution in [3.63, 3.8) is 0 Å². The largest absolute Gasteiger partial charge is 0.493 e. The quantitative estimate of drug-likeness (QED) is 0.356. The van der Waals surface area contributed by atoms with Crippen LogP contribution in [0.15, 0.2) is 66.7 Å². The van der Waals surface area contributed by atoms with Gasteiger partial charge in [0, 0.05) is 5.56 Å². The SMILES string of the molecule is COc1cc(/C=C/C(=O)c2ccc(F)c(F)c2)ccc1OCC(=O)Nc1ccccc1Cl. The third-order valence-corrected chi connectivity index (χ3v) is 4.66. The van der Waals surface area contributed by atoms with Gasteiger partial charge in [0.2, 0.25) is 0 Å². The molecular formula is C24H18ClF2NO4. The summed E-state index contributed by atoms with van der Waals surface area (Å²) in [6, 6.07) is 14.6. The second-order valence-corrected chi connectivity index (χ2v) is 6.96. The van der Waals surface area contributed by atoms with Crippen LogP contribution >= 0.6 is 11.6 Å². The molecule has 32 heavy (non-hydrogen) atoms. The molecule has 0 aliphatic carbocycles. The summed E-state index contributed by atoms with van der Waals surface area (Å²) in [6.45, 7) is -0.272. The van der Waals surface area contributed by atoms with Crippen LogP contribution in [0.4, 0.5) is 14.5 Å². The van der Waals surface area contributed by atoms with Crippen molar-refractivity contribution in [2.45, 2.75) is 0 Å². The molecule has 0 unspecified atom stereocenters. The van der Waals surface area contributed by atoms with Crippen molar-refractivity contribution in [2.75, 3.05) is 19.0 Å². The number of anilines is 1. The minimum atomic E-state index is -1.09. The molecular weight excluding hydrogens is 440 g/mol. The lowest BCUT2D eigenvalue weighted by atomic mass is 10.1. The summed E-state index contributed by atoms with van der Waals surface area (Å²) in [4.78, 5) is 24.3. The predicted molar refractivity (Wildman–Crippen MR) is 118 cm³/mol. The molecule has 164 valence electrons. The molecule has 0 heterocycles. The predicted octanol–water partition coefficient (Wildman–Crippen LogP) is 5.54. The maximum atomic E-state index is 13.3. The van der Waals surface area contributed by atoms with Crippen molar-refractivity contribution in [3.05, 3.63) is 94.5 Å². The van der Waals surface area contributed by atoms with E-state index in [1.165, 1.54) is 25.3 Å². The van der Waals surface area contributed by atoms with Gasteiger partial charge in [0.15, 0.2) is 35.5 Å². The molecule has 0 aliphatic rings. The lowest BCUT2D eigenvalue weighted by Crippen LogP contribution is -2.20. The molecule has 0 radical (unpaired) electrons. The summed E-state index contributed by atoms with van der Waals surface area (Å²) in [5, 5.41) is 3.06. The third kappa shape index (κ3) is 5.92. The number of halogens is 3. The Morgan fingerprint density at radius 1 is 1.00 bits per heavy atom. The zero-order chi connectivity index (χ0) is 23.1. The Bertz CT molecular complexity index is 1180. The van der Waals surface area contributed by atoms with Gasteiger partial charge in [-0.2, -0.15) is 0 Å². The molecule has 1 amide bonds. The van der Waals surface area contributed by atoms with Crippen molar-refractivity contribution in [2.24, 2.45) is 0 Å². The van der Waals surface area contributed by atoms with Crippen LogP contribution in [0.2, 0.25) is 5.02 Å². The number of hydrogen-bond donors (Lipinski definition) is 1. The Morgan fingerprint density at radius 2 is 1.78 bits per heavy atom. The Kier molecular flexibility index (Phi) is 7.57. The molecule has 0 saturated heterocycles. The number of carbonyl (C=O) groups is 2. The number of hydrogen-bond acceptors (Lipinski definition) is 4. The van der Waals surface area contributed by atoms with E-state index in [9.17, 15) is 18.4 Å². The lowest BCUT2D eigenvalue weighted by Gasteiger charge is -2.12. The smallest absolute Gasteiger partial charge is 0.262 e. The van der Waals surface area contributed by atoms with Crippen molar-refractivity contribution in [1.82, 2.24) is 0 Å². The summed E-state index contributed by atoms with van der Waals surface area (Å²) in [7, 11) is 1.44. The van der Waals surface area contributed by atoms with Gasteiger partial charge in [-0.3, -0.25) is 9.59 Å². The highest BCUT2D eigenvalue weighted by Crippen LogP contribution is 2.29. The minimum absolute atomic E-state index is 0.0246. The maximum Gasteiger partial charge on any atom is 0.262 e. The molecule has 3 aromatic rings. The number of rotatable bonds is 8. The van der Waals surface area contributed by atoms with Gasteiger partial charge >= 0.3 is 0 Å². The first-order valence-electron chi connectivity index (χ1n) is 9.40. The normalized spacial score (nSPS) is 10.8. The summed E-state index contributed by atoms with van der Waals surface area (Å²) < 4.78 is 37.1. The van der Waals surface area contributed by atoms with Crippen molar-refractivity contribution in [1.29, 1.82) is 0 Å². The second-order valence-electron chi connectivity index (χ2n) is 6.55. The van der Waals surface area contributed by atoms with Crippen molar-refractivity contribution in [3.8, 4) is 11.5 Å². The highest BCUT2D eigenvalue weighted by molar-refractivity contribution is 6.33. The molecule has 8 heteroatoms. The van der Waals surface area contributed by atoms with Crippen LogP contribution in [0.3, 0.4) is 0 Å². The summed E-state index contributed by atoms with van der Waals surface area (Å²) in [5.74, 6) is -2.33. The van der Waals surface area contributed by atoms with E-state index < -0.39 is 23.3 Å². The molecule has 0 aromatic heterocycles. The summed E-state index contributed by atoms with van der Waals surface area (Å²) in [5.41, 5.74) is 1.10. The number of allylic oxidation sites excluding steroid dienone is 1. The van der Waals surface area contributed by atoms with Gasteiger partial charge in [-0.15, -0.1) is 0 Å². The Hall–Kier alpha value is -3.71. The Balaban J connectivity index is 1.64. The van der Waals surface area contributed by atoms with Crippen LogP contribution in [-0.2, 0) is 4.79 Å². The molecule has 5 nitrogen and oxygen atoms in total. The first-order valence-corrected chi connectivity index (χ1v) is 9.78. The second kappa shape index (κ2) is 10.5. The van der Waals surface area contributed by atoms with Crippen LogP contribution in [-0.4, -0.2) is 25.4 Å². The average molecular weight is 458 g/mol. The number of methoxy groups -OCH3 is 1. The van der Waals surface area contributed by atoms with Gasteiger partial charge in [-0.25, -0.2) is 8.78 Å². The minimum Gasteiger partial charge on any atom is -0.493 e. The summed E-state index contributed by atoms with van der Waals surface area (Å²) in [6.07, 6.45) is 2.74. The molecule has 3 rings (SSSR count). The van der Waals surface area contributed by atoms with E-state index in [1.54, 1.807) is 42.5 Å². The van der Waals surface area contributed by atoms with E-state index in [4.69, 9.17) is 21.1 Å². The van der Waals surface area contributed by atoms with E-state index in [0.717, 1.165) is 12.1 Å². The fraction of sp³-hybridized carbons (Fsp3) is 0.0833. The Labute approximate surface area is 188 Å². The molecule has 0 aliphatic heterocycles. The van der Waals surface area contributed by atoms with Crippen LogP contribution in [0.25, 0.3) is 6.08 Å². The molecule has 3 aromatic carbocycles. The van der Waals surface area contributed by atoms with Gasteiger partial charge < -0.3 is 14.8 Å². The first-order chi connectivity index (χ1) is 15.4. The number of nitrogens with one attached hydrogen (secondary N) is 1. The third-order valence-electron chi connectivity index (χ3n) is 4.33. The van der Waals surface area contributed by atoms with E-state index in [2.05, 4.69) is 5.32 Å². The van der Waals surface area contributed by atoms with Gasteiger partial charge in [0.25, 0.3) is 5.91 Å². The van der Waals surface area contributed by atoms with Gasteiger partial charge in [-0.05, 0) is 54.1 Å². The van der Waals surface area contributed by atoms with E-state index in [1.807, 2.05) is 0 Å². The van der Waals surface area contributed by atoms with Gasteiger partial charge in [0.05, 0.1) is 17.8 Å². The molecule has 1 N–H and O–H groups in total. The number of benzene rings is 3. The van der Waals surface area contributed by atoms with E-state index >= 15 is 0 Å². The fourth-order valence-electron chi connectivity index (χ4n) is 2.72. The topological polar surface area (TPSA) is 64.6 Å².